The smallest absolute Gasteiger partial charge is 0.496 e. The number of halogens is 3. The lowest BCUT2D eigenvalue weighted by Gasteiger charge is -2.10. The van der Waals surface area contributed by atoms with Crippen molar-refractivity contribution in [3.8, 4) is 5.75 Å². The predicted molar refractivity (Wildman–Crippen MR) is 53.8 cm³/mol. The third-order valence-electron chi connectivity index (χ3n) is 1.85. The van der Waals surface area contributed by atoms with Crippen LogP contribution in [0.1, 0.15) is 12.5 Å². The molecule has 2 nitrogen and oxygen atoms in total. The molecule has 0 aromatic heterocycles. The molecule has 0 unspecified atom stereocenters. The van der Waals surface area contributed by atoms with Crippen molar-refractivity contribution < 1.29 is 22.6 Å². The molecule has 88 valence electrons. The maximum absolute atomic E-state index is 11.9. The van der Waals surface area contributed by atoms with Gasteiger partial charge in [-0.05, 0) is 37.3 Å². The lowest BCUT2D eigenvalue weighted by atomic mass is 10.2. The number of ether oxygens (including phenoxy) is 2. The summed E-state index contributed by atoms with van der Waals surface area (Å²) >= 11 is 0. The van der Waals surface area contributed by atoms with Gasteiger partial charge in [0.1, 0.15) is 11.5 Å². The zero-order valence-corrected chi connectivity index (χ0v) is 8.84. The van der Waals surface area contributed by atoms with Crippen LogP contribution >= 0.6 is 0 Å². The Hall–Kier alpha value is -1.65. The van der Waals surface area contributed by atoms with E-state index >= 15 is 0 Å². The first-order chi connectivity index (χ1) is 7.46. The fourth-order valence-electron chi connectivity index (χ4n) is 1.22. The van der Waals surface area contributed by atoms with E-state index in [-0.39, 0.29) is 5.75 Å². The zero-order chi connectivity index (χ0) is 12.2. The normalized spacial score (nSPS) is 12.4. The molecule has 5 heteroatoms. The van der Waals surface area contributed by atoms with Gasteiger partial charge >= 0.3 is 6.36 Å². The molecule has 1 rings (SSSR count). The van der Waals surface area contributed by atoms with Gasteiger partial charge in [-0.3, -0.25) is 0 Å². The highest BCUT2D eigenvalue weighted by Crippen LogP contribution is 2.24. The number of alkyl halides is 3. The summed E-state index contributed by atoms with van der Waals surface area (Å²) in [6.07, 6.45) is -2.94. The molecule has 0 saturated heterocycles. The number of hydrogen-bond donors (Lipinski definition) is 0. The molecule has 0 aliphatic heterocycles. The quantitative estimate of drug-likeness (QED) is 0.741. The summed E-state index contributed by atoms with van der Waals surface area (Å²) in [6.45, 7) is 1.78. The molecule has 0 atom stereocenters. The second-order valence-electron chi connectivity index (χ2n) is 2.93. The first-order valence-electron chi connectivity index (χ1n) is 4.52. The summed E-state index contributed by atoms with van der Waals surface area (Å²) in [5, 5.41) is 0. The van der Waals surface area contributed by atoms with E-state index in [0.717, 1.165) is 0 Å². The molecule has 0 aliphatic carbocycles. The average Bonchev–Trinajstić information content (AvgIpc) is 2.20. The van der Waals surface area contributed by atoms with Crippen LogP contribution < -0.4 is 4.74 Å². The minimum atomic E-state index is -4.66. The van der Waals surface area contributed by atoms with Crippen LogP contribution in [0.5, 0.6) is 5.75 Å². The van der Waals surface area contributed by atoms with Crippen molar-refractivity contribution in [3.63, 3.8) is 0 Å². The van der Waals surface area contributed by atoms with E-state index in [9.17, 15) is 13.2 Å². The maximum Gasteiger partial charge on any atom is 0.573 e. The van der Waals surface area contributed by atoms with Crippen LogP contribution in [0.2, 0.25) is 0 Å². The van der Waals surface area contributed by atoms with Gasteiger partial charge in [0.05, 0.1) is 7.11 Å². The maximum atomic E-state index is 11.9. The Balaban J connectivity index is 2.83. The lowest BCUT2D eigenvalue weighted by Crippen LogP contribution is -2.17. The minimum Gasteiger partial charge on any atom is -0.496 e. The Morgan fingerprint density at radius 2 is 1.75 bits per heavy atom. The van der Waals surface area contributed by atoms with E-state index in [0.29, 0.717) is 11.3 Å². The number of allylic oxidation sites excluding steroid dienone is 1. The van der Waals surface area contributed by atoms with Gasteiger partial charge in [0, 0.05) is 5.56 Å². The molecule has 0 fully saturated rings. The van der Waals surface area contributed by atoms with E-state index in [1.54, 1.807) is 13.0 Å². The van der Waals surface area contributed by atoms with Gasteiger partial charge in [-0.2, -0.15) is 0 Å². The van der Waals surface area contributed by atoms with Crippen LogP contribution in [0.25, 0.3) is 5.76 Å². The Labute approximate surface area is 91.3 Å². The van der Waals surface area contributed by atoms with E-state index in [1.165, 1.54) is 31.4 Å². The number of hydrogen-bond acceptors (Lipinski definition) is 2. The molecular weight excluding hydrogens is 221 g/mol. The van der Waals surface area contributed by atoms with Crippen LogP contribution in [0.3, 0.4) is 0 Å². The first-order valence-corrected chi connectivity index (χ1v) is 4.52. The molecule has 0 N–H and O–H groups in total. The van der Waals surface area contributed by atoms with Crippen molar-refractivity contribution >= 4 is 5.76 Å². The molecule has 0 bridgehead atoms. The summed E-state index contributed by atoms with van der Waals surface area (Å²) < 4.78 is 44.4. The molecule has 16 heavy (non-hydrogen) atoms. The van der Waals surface area contributed by atoms with Crippen LogP contribution in [0.4, 0.5) is 13.2 Å². The summed E-state index contributed by atoms with van der Waals surface area (Å²) in [6, 6.07) is 5.48. The van der Waals surface area contributed by atoms with Gasteiger partial charge in [0.25, 0.3) is 0 Å². The molecule has 0 saturated carbocycles. The summed E-state index contributed by atoms with van der Waals surface area (Å²) in [4.78, 5) is 0. The van der Waals surface area contributed by atoms with E-state index in [1.807, 2.05) is 0 Å². The number of benzene rings is 1. The average molecular weight is 232 g/mol. The van der Waals surface area contributed by atoms with E-state index in [2.05, 4.69) is 4.74 Å². The van der Waals surface area contributed by atoms with Gasteiger partial charge in [0.2, 0.25) is 0 Å². The molecular formula is C11H11F3O2. The monoisotopic (exact) mass is 232 g/mol. The zero-order valence-electron chi connectivity index (χ0n) is 8.84. The summed E-state index contributed by atoms with van der Waals surface area (Å²) in [5.74, 6) is 0.348. The fourth-order valence-corrected chi connectivity index (χ4v) is 1.22. The van der Waals surface area contributed by atoms with Gasteiger partial charge in [-0.25, -0.2) is 0 Å². The molecule has 1 aromatic rings. The second kappa shape index (κ2) is 4.92. The molecule has 0 spiro atoms. The number of rotatable bonds is 3. The predicted octanol–water partition coefficient (Wildman–Crippen LogP) is 3.59. The Morgan fingerprint density at radius 1 is 1.19 bits per heavy atom. The minimum absolute atomic E-state index is 0.247. The van der Waals surface area contributed by atoms with Gasteiger partial charge in [-0.1, -0.05) is 0 Å². The lowest BCUT2D eigenvalue weighted by molar-refractivity contribution is -0.274. The van der Waals surface area contributed by atoms with Crippen molar-refractivity contribution in [2.24, 2.45) is 0 Å². The third kappa shape index (κ3) is 3.49. The molecule has 0 amide bonds. The third-order valence-corrected chi connectivity index (χ3v) is 1.85. The Morgan fingerprint density at radius 3 is 2.12 bits per heavy atom. The summed E-state index contributed by atoms with van der Waals surface area (Å²) in [7, 11) is 1.50. The topological polar surface area (TPSA) is 18.5 Å². The fraction of sp³-hybridized carbons (Fsp3) is 0.273. The Kier molecular flexibility index (Phi) is 3.82. The van der Waals surface area contributed by atoms with Gasteiger partial charge < -0.3 is 9.47 Å². The molecule has 0 heterocycles. The Bertz CT molecular complexity index is 366. The number of methoxy groups -OCH3 is 1. The van der Waals surface area contributed by atoms with Crippen molar-refractivity contribution in [1.29, 1.82) is 0 Å². The van der Waals surface area contributed by atoms with Crippen LogP contribution in [0.15, 0.2) is 30.3 Å². The van der Waals surface area contributed by atoms with E-state index in [4.69, 9.17) is 4.74 Å². The standard InChI is InChI=1S/C11H11F3O2/c1-3-10(15-2)8-4-6-9(7-5-8)16-11(12,13)14/h3-7H,1-2H3. The summed E-state index contributed by atoms with van der Waals surface area (Å²) in [5.41, 5.74) is 0.694. The molecule has 0 aliphatic rings. The first kappa shape index (κ1) is 12.4. The molecule has 0 radical (unpaired) electrons. The molecule has 1 aromatic carbocycles. The van der Waals surface area contributed by atoms with Crippen molar-refractivity contribution in [2.75, 3.05) is 7.11 Å². The van der Waals surface area contributed by atoms with Crippen molar-refractivity contribution in [1.82, 2.24) is 0 Å². The van der Waals surface area contributed by atoms with Gasteiger partial charge in [-0.15, -0.1) is 13.2 Å². The highest BCUT2D eigenvalue weighted by atomic mass is 19.4. The van der Waals surface area contributed by atoms with Gasteiger partial charge in [0.15, 0.2) is 0 Å². The van der Waals surface area contributed by atoms with Crippen LogP contribution in [0, 0.1) is 0 Å². The van der Waals surface area contributed by atoms with Crippen molar-refractivity contribution in [3.05, 3.63) is 35.9 Å². The van der Waals surface area contributed by atoms with Crippen molar-refractivity contribution in [2.45, 2.75) is 13.3 Å². The highest BCUT2D eigenvalue weighted by Gasteiger charge is 2.30. The van der Waals surface area contributed by atoms with E-state index < -0.39 is 6.36 Å². The van der Waals surface area contributed by atoms with Crippen LogP contribution in [-0.4, -0.2) is 13.5 Å². The van der Waals surface area contributed by atoms with Crippen LogP contribution in [-0.2, 0) is 4.74 Å². The second-order valence-corrected chi connectivity index (χ2v) is 2.93. The highest BCUT2D eigenvalue weighted by molar-refractivity contribution is 5.59. The SMILES string of the molecule is CC=C(OC)c1ccc(OC(F)(F)F)cc1. The largest absolute Gasteiger partial charge is 0.573 e.